The number of non-ortho nitro benzene ring substituents is 1. The number of benzene rings is 2. The number of rotatable bonds is 6. The zero-order valence-electron chi connectivity index (χ0n) is 14.1. The van der Waals surface area contributed by atoms with E-state index in [4.69, 9.17) is 0 Å². The Bertz CT molecular complexity index is 1010. The van der Waals surface area contributed by atoms with Gasteiger partial charge in [-0.05, 0) is 17.7 Å². The number of hydrogen-bond donors (Lipinski definition) is 1. The topological polar surface area (TPSA) is 90.1 Å². The molecule has 0 aliphatic heterocycles. The number of anilines is 1. The third kappa shape index (κ3) is 4.85. The van der Waals surface area contributed by atoms with Crippen molar-refractivity contribution < 1.29 is 14.1 Å². The van der Waals surface area contributed by atoms with Crippen molar-refractivity contribution in [2.24, 2.45) is 0 Å². The molecule has 8 heteroatoms. The Hall–Kier alpha value is -3.81. The summed E-state index contributed by atoms with van der Waals surface area (Å²) in [7, 11) is 0. The summed E-state index contributed by atoms with van der Waals surface area (Å²) in [6.07, 6.45) is 5.80. The highest BCUT2D eigenvalue weighted by Crippen LogP contribution is 2.15. The number of nitrogens with one attached hydrogen (secondary N) is 1. The minimum atomic E-state index is -0.499. The summed E-state index contributed by atoms with van der Waals surface area (Å²) >= 11 is 0. The molecule has 0 aliphatic rings. The van der Waals surface area contributed by atoms with Gasteiger partial charge < -0.3 is 5.32 Å². The first-order chi connectivity index (χ1) is 13.0. The van der Waals surface area contributed by atoms with Gasteiger partial charge in [0.05, 0.1) is 23.4 Å². The van der Waals surface area contributed by atoms with Crippen LogP contribution in [0.2, 0.25) is 0 Å². The van der Waals surface area contributed by atoms with Gasteiger partial charge in [0.2, 0.25) is 5.91 Å². The molecule has 0 aliphatic carbocycles. The fourth-order valence-electron chi connectivity index (χ4n) is 2.41. The van der Waals surface area contributed by atoms with Gasteiger partial charge in [-0.2, -0.15) is 5.10 Å². The van der Waals surface area contributed by atoms with E-state index in [0.717, 1.165) is 0 Å². The fraction of sp³-hybridized carbons (Fsp3) is 0.0526. The molecule has 136 valence electrons. The molecule has 0 spiro atoms. The van der Waals surface area contributed by atoms with Crippen LogP contribution in [0.15, 0.2) is 67.0 Å². The van der Waals surface area contributed by atoms with E-state index >= 15 is 0 Å². The van der Waals surface area contributed by atoms with E-state index in [2.05, 4.69) is 10.4 Å². The van der Waals surface area contributed by atoms with Crippen molar-refractivity contribution >= 4 is 23.4 Å². The molecule has 27 heavy (non-hydrogen) atoms. The van der Waals surface area contributed by atoms with Crippen LogP contribution in [0.3, 0.4) is 0 Å². The Morgan fingerprint density at radius 1 is 1.26 bits per heavy atom. The number of carbonyl (C=O) groups excluding carboxylic acids is 1. The zero-order chi connectivity index (χ0) is 19.2. The molecule has 1 N–H and O–H groups in total. The molecule has 2 aromatic carbocycles. The van der Waals surface area contributed by atoms with Gasteiger partial charge in [0.15, 0.2) is 0 Å². The minimum Gasteiger partial charge on any atom is -0.320 e. The van der Waals surface area contributed by atoms with Gasteiger partial charge in [0, 0.05) is 30.0 Å². The maximum atomic E-state index is 13.7. The molecule has 0 bridgehead atoms. The predicted molar refractivity (Wildman–Crippen MR) is 98.5 cm³/mol. The molecule has 0 saturated carbocycles. The summed E-state index contributed by atoms with van der Waals surface area (Å²) in [5.41, 5.74) is 1.44. The molecule has 0 saturated heterocycles. The van der Waals surface area contributed by atoms with Crippen molar-refractivity contribution in [3.63, 3.8) is 0 Å². The fourth-order valence-corrected chi connectivity index (χ4v) is 2.41. The van der Waals surface area contributed by atoms with Crippen LogP contribution >= 0.6 is 0 Å². The number of carbonyl (C=O) groups is 1. The molecule has 0 radical (unpaired) electrons. The van der Waals surface area contributed by atoms with Crippen LogP contribution in [0.25, 0.3) is 6.08 Å². The van der Waals surface area contributed by atoms with Gasteiger partial charge in [0.25, 0.3) is 5.69 Å². The zero-order valence-corrected chi connectivity index (χ0v) is 14.1. The molecule has 1 amide bonds. The lowest BCUT2D eigenvalue weighted by Gasteiger charge is -2.02. The monoisotopic (exact) mass is 366 g/mol. The SMILES string of the molecule is O=C(/C=C/c1cccc([N+](=O)[O-])c1)Nc1cnn(Cc2ccccc2F)c1. The van der Waals surface area contributed by atoms with Gasteiger partial charge >= 0.3 is 0 Å². The molecule has 3 aromatic rings. The third-order valence-corrected chi connectivity index (χ3v) is 3.70. The van der Waals surface area contributed by atoms with E-state index in [-0.39, 0.29) is 18.0 Å². The Morgan fingerprint density at radius 3 is 2.85 bits per heavy atom. The highest BCUT2D eigenvalue weighted by molar-refractivity contribution is 6.01. The Balaban J connectivity index is 1.62. The minimum absolute atomic E-state index is 0.0491. The lowest BCUT2D eigenvalue weighted by atomic mass is 10.2. The van der Waals surface area contributed by atoms with E-state index in [1.165, 1.54) is 41.2 Å². The second kappa shape index (κ2) is 8.05. The molecule has 0 fully saturated rings. The van der Waals surface area contributed by atoms with E-state index in [0.29, 0.717) is 16.8 Å². The first-order valence-electron chi connectivity index (χ1n) is 8.00. The van der Waals surface area contributed by atoms with Crippen LogP contribution in [-0.2, 0) is 11.3 Å². The molecule has 3 rings (SSSR count). The summed E-state index contributed by atoms with van der Waals surface area (Å²) < 4.78 is 15.2. The van der Waals surface area contributed by atoms with Crippen molar-refractivity contribution in [1.82, 2.24) is 9.78 Å². The van der Waals surface area contributed by atoms with Gasteiger partial charge in [-0.1, -0.05) is 30.3 Å². The lowest BCUT2D eigenvalue weighted by molar-refractivity contribution is -0.384. The standard InChI is InChI=1S/C19H15FN4O3/c20-18-7-2-1-5-15(18)12-23-13-16(11-21-23)22-19(25)9-8-14-4-3-6-17(10-14)24(26)27/h1-11,13H,12H2,(H,22,25)/b9-8+. The van der Waals surface area contributed by atoms with Crippen LogP contribution in [0.5, 0.6) is 0 Å². The first-order valence-corrected chi connectivity index (χ1v) is 8.00. The van der Waals surface area contributed by atoms with Crippen molar-refractivity contribution in [3.05, 3.63) is 94.1 Å². The summed E-state index contributed by atoms with van der Waals surface area (Å²) in [6.45, 7) is 0.242. The lowest BCUT2D eigenvalue weighted by Crippen LogP contribution is -2.07. The maximum absolute atomic E-state index is 13.7. The summed E-state index contributed by atoms with van der Waals surface area (Å²) in [6, 6.07) is 12.3. The number of nitro groups is 1. The van der Waals surface area contributed by atoms with E-state index in [1.54, 1.807) is 36.5 Å². The third-order valence-electron chi connectivity index (χ3n) is 3.70. The van der Waals surface area contributed by atoms with Crippen LogP contribution in [0, 0.1) is 15.9 Å². The molecule has 1 heterocycles. The van der Waals surface area contributed by atoms with Gasteiger partial charge in [0.1, 0.15) is 5.82 Å². The Kier molecular flexibility index (Phi) is 5.36. The first kappa shape index (κ1) is 18.0. The summed E-state index contributed by atoms with van der Waals surface area (Å²) in [5, 5.41) is 17.5. The normalized spacial score (nSPS) is 10.9. The number of amides is 1. The molecule has 7 nitrogen and oxygen atoms in total. The van der Waals surface area contributed by atoms with Gasteiger partial charge in [-0.15, -0.1) is 0 Å². The summed E-state index contributed by atoms with van der Waals surface area (Å²) in [4.78, 5) is 22.3. The number of nitrogens with zero attached hydrogens (tertiary/aromatic N) is 3. The van der Waals surface area contributed by atoms with Crippen LogP contribution in [0.1, 0.15) is 11.1 Å². The van der Waals surface area contributed by atoms with Gasteiger partial charge in [-0.3, -0.25) is 19.6 Å². The largest absolute Gasteiger partial charge is 0.320 e. The highest BCUT2D eigenvalue weighted by Gasteiger charge is 2.06. The summed E-state index contributed by atoms with van der Waals surface area (Å²) in [5.74, 6) is -0.731. The molecular weight excluding hydrogens is 351 g/mol. The average molecular weight is 366 g/mol. The van der Waals surface area contributed by atoms with Crippen molar-refractivity contribution in [1.29, 1.82) is 0 Å². The Morgan fingerprint density at radius 2 is 2.07 bits per heavy atom. The average Bonchev–Trinajstić information content (AvgIpc) is 3.09. The second-order valence-electron chi connectivity index (χ2n) is 5.69. The van der Waals surface area contributed by atoms with Crippen LogP contribution < -0.4 is 5.32 Å². The van der Waals surface area contributed by atoms with E-state index in [1.807, 2.05) is 0 Å². The molecule has 0 unspecified atom stereocenters. The van der Waals surface area contributed by atoms with Crippen molar-refractivity contribution in [3.8, 4) is 0 Å². The molecule has 0 atom stereocenters. The number of aromatic nitrogens is 2. The molecular formula is C19H15FN4O3. The molecule has 1 aromatic heterocycles. The van der Waals surface area contributed by atoms with Crippen molar-refractivity contribution in [2.75, 3.05) is 5.32 Å². The number of nitro benzene ring substituents is 1. The van der Waals surface area contributed by atoms with Crippen molar-refractivity contribution in [2.45, 2.75) is 6.54 Å². The quantitative estimate of drug-likeness (QED) is 0.410. The number of hydrogen-bond acceptors (Lipinski definition) is 4. The smallest absolute Gasteiger partial charge is 0.270 e. The van der Waals surface area contributed by atoms with E-state index < -0.39 is 10.8 Å². The Labute approximate surface area is 153 Å². The van der Waals surface area contributed by atoms with Crippen LogP contribution in [0.4, 0.5) is 15.8 Å². The van der Waals surface area contributed by atoms with Crippen LogP contribution in [-0.4, -0.2) is 20.6 Å². The second-order valence-corrected chi connectivity index (χ2v) is 5.69. The van der Waals surface area contributed by atoms with E-state index in [9.17, 15) is 19.3 Å². The number of halogens is 1. The maximum Gasteiger partial charge on any atom is 0.270 e. The van der Waals surface area contributed by atoms with Gasteiger partial charge in [-0.25, -0.2) is 4.39 Å². The highest BCUT2D eigenvalue weighted by atomic mass is 19.1. The predicted octanol–water partition coefficient (Wildman–Crippen LogP) is 3.63.